The molecule has 2 atom stereocenters. The second-order valence-electron chi connectivity index (χ2n) is 8.63. The molecule has 30 heavy (non-hydrogen) atoms. The molecule has 0 spiro atoms. The minimum atomic E-state index is 0.305. The van der Waals surface area contributed by atoms with E-state index in [2.05, 4.69) is 88.4 Å². The van der Waals surface area contributed by atoms with E-state index in [1.54, 1.807) is 0 Å². The number of hydrogen-bond acceptors (Lipinski definition) is 2. The third-order valence-electron chi connectivity index (χ3n) is 6.26. The summed E-state index contributed by atoms with van der Waals surface area (Å²) >= 11 is 0. The average Bonchev–Trinajstić information content (AvgIpc) is 2.67. The van der Waals surface area contributed by atoms with Crippen LogP contribution in [0.4, 0.5) is 11.4 Å². The quantitative estimate of drug-likeness (QED) is 0.475. The lowest BCUT2D eigenvalue weighted by Gasteiger charge is -2.31. The summed E-state index contributed by atoms with van der Waals surface area (Å²) < 4.78 is 0. The normalized spacial score (nSPS) is 18.7. The molecule has 0 bridgehead atoms. The van der Waals surface area contributed by atoms with Gasteiger partial charge in [0.2, 0.25) is 0 Å². The fraction of sp³-hybridized carbons (Fsp3) is 0.214. The Morgan fingerprint density at radius 1 is 0.733 bits per heavy atom. The first kappa shape index (κ1) is 20.0. The first-order chi connectivity index (χ1) is 14.3. The van der Waals surface area contributed by atoms with Crippen LogP contribution in [0.25, 0.3) is 16.7 Å². The van der Waals surface area contributed by atoms with Crippen molar-refractivity contribution in [3.05, 3.63) is 101 Å². The largest absolute Gasteiger partial charge is 0.399 e. The molecule has 152 valence electrons. The van der Waals surface area contributed by atoms with Gasteiger partial charge in [-0.3, -0.25) is 0 Å². The third-order valence-corrected chi connectivity index (χ3v) is 6.26. The minimum Gasteiger partial charge on any atom is -0.399 e. The first-order valence-electron chi connectivity index (χ1n) is 10.6. The number of nitrogens with two attached hydrogens (primary N) is 2. The minimum absolute atomic E-state index is 0.305. The summed E-state index contributed by atoms with van der Waals surface area (Å²) in [6, 6.07) is 21.3. The SMILES string of the molecule is CC1=CC=C(c2cc(N)cc(-c3ccc(C)cc3C)c2)C(C)C1c1cccc(N)c1. The molecule has 0 heterocycles. The molecule has 3 aromatic carbocycles. The molecule has 0 amide bonds. The molecule has 0 aromatic heterocycles. The Balaban J connectivity index is 1.77. The van der Waals surface area contributed by atoms with Crippen LogP contribution in [0.2, 0.25) is 0 Å². The Labute approximate surface area is 179 Å². The molecular weight excluding hydrogens is 364 g/mol. The van der Waals surface area contributed by atoms with Crippen molar-refractivity contribution in [3.63, 3.8) is 0 Å². The number of anilines is 2. The van der Waals surface area contributed by atoms with Crippen molar-refractivity contribution < 1.29 is 0 Å². The molecule has 0 aliphatic heterocycles. The van der Waals surface area contributed by atoms with Crippen LogP contribution in [0.15, 0.2) is 78.4 Å². The Morgan fingerprint density at radius 3 is 2.23 bits per heavy atom. The van der Waals surface area contributed by atoms with Gasteiger partial charge in [0.05, 0.1) is 0 Å². The van der Waals surface area contributed by atoms with Gasteiger partial charge in [0.15, 0.2) is 0 Å². The van der Waals surface area contributed by atoms with Crippen LogP contribution in [0, 0.1) is 19.8 Å². The zero-order valence-electron chi connectivity index (χ0n) is 18.2. The van der Waals surface area contributed by atoms with E-state index >= 15 is 0 Å². The molecule has 4 N–H and O–H groups in total. The number of nitrogen functional groups attached to an aromatic ring is 2. The zero-order chi connectivity index (χ0) is 21.4. The van der Waals surface area contributed by atoms with Gasteiger partial charge in [0.25, 0.3) is 0 Å². The molecule has 0 fully saturated rings. The van der Waals surface area contributed by atoms with Crippen molar-refractivity contribution in [3.8, 4) is 11.1 Å². The Kier molecular flexibility index (Phi) is 5.26. The predicted octanol–water partition coefficient (Wildman–Crippen LogP) is 6.90. The van der Waals surface area contributed by atoms with Crippen LogP contribution >= 0.6 is 0 Å². The van der Waals surface area contributed by atoms with Gasteiger partial charge in [-0.25, -0.2) is 0 Å². The highest BCUT2D eigenvalue weighted by Crippen LogP contribution is 2.44. The monoisotopic (exact) mass is 394 g/mol. The summed E-state index contributed by atoms with van der Waals surface area (Å²) in [5, 5.41) is 0. The summed E-state index contributed by atoms with van der Waals surface area (Å²) in [6.45, 7) is 8.80. The van der Waals surface area contributed by atoms with E-state index in [0.717, 1.165) is 11.4 Å². The van der Waals surface area contributed by atoms with E-state index in [4.69, 9.17) is 11.5 Å². The van der Waals surface area contributed by atoms with Crippen molar-refractivity contribution in [2.45, 2.75) is 33.6 Å². The lowest BCUT2D eigenvalue weighted by molar-refractivity contribution is 0.623. The van der Waals surface area contributed by atoms with Gasteiger partial charge in [0, 0.05) is 17.3 Å². The van der Waals surface area contributed by atoms with Crippen LogP contribution in [0.3, 0.4) is 0 Å². The molecule has 0 saturated heterocycles. The molecule has 2 unspecified atom stereocenters. The lowest BCUT2D eigenvalue weighted by Crippen LogP contribution is -2.16. The second-order valence-corrected chi connectivity index (χ2v) is 8.63. The van der Waals surface area contributed by atoms with E-state index in [9.17, 15) is 0 Å². The predicted molar refractivity (Wildman–Crippen MR) is 130 cm³/mol. The van der Waals surface area contributed by atoms with Gasteiger partial charge in [-0.15, -0.1) is 0 Å². The maximum Gasteiger partial charge on any atom is 0.0326 e. The van der Waals surface area contributed by atoms with Crippen molar-refractivity contribution in [2.24, 2.45) is 5.92 Å². The van der Waals surface area contributed by atoms with E-state index in [0.29, 0.717) is 11.8 Å². The molecule has 1 aliphatic rings. The molecule has 0 saturated carbocycles. The van der Waals surface area contributed by atoms with E-state index in [1.165, 1.54) is 44.5 Å². The summed E-state index contributed by atoms with van der Waals surface area (Å²) in [5.41, 5.74) is 24.1. The number of benzene rings is 3. The Morgan fingerprint density at radius 2 is 1.50 bits per heavy atom. The maximum atomic E-state index is 6.36. The number of aryl methyl sites for hydroxylation is 2. The first-order valence-corrected chi connectivity index (χ1v) is 10.6. The second kappa shape index (κ2) is 7.87. The fourth-order valence-corrected chi connectivity index (χ4v) is 4.83. The molecule has 4 rings (SSSR count). The standard InChI is InChI=1S/C28H30N2/c1-17-8-10-26(19(3)12-17)22-13-23(16-25(30)15-22)27-11-9-18(2)28(20(27)4)21-6-5-7-24(29)14-21/h5-16,20,28H,29-30H2,1-4H3. The number of allylic oxidation sites excluding steroid dienone is 4. The summed E-state index contributed by atoms with van der Waals surface area (Å²) in [7, 11) is 0. The van der Waals surface area contributed by atoms with Gasteiger partial charge in [-0.2, -0.15) is 0 Å². The number of hydrogen-bond donors (Lipinski definition) is 2. The van der Waals surface area contributed by atoms with E-state index in [-0.39, 0.29) is 0 Å². The third kappa shape index (κ3) is 3.78. The number of rotatable bonds is 3. The van der Waals surface area contributed by atoms with Gasteiger partial charge in [0.1, 0.15) is 0 Å². The lowest BCUT2D eigenvalue weighted by atomic mass is 9.73. The smallest absolute Gasteiger partial charge is 0.0326 e. The molecule has 2 nitrogen and oxygen atoms in total. The van der Waals surface area contributed by atoms with Gasteiger partial charge >= 0.3 is 0 Å². The zero-order valence-corrected chi connectivity index (χ0v) is 18.2. The molecule has 1 aliphatic carbocycles. The van der Waals surface area contributed by atoms with Crippen LogP contribution < -0.4 is 11.5 Å². The molecule has 0 radical (unpaired) electrons. The molecular formula is C28H30N2. The van der Waals surface area contributed by atoms with E-state index < -0.39 is 0 Å². The van der Waals surface area contributed by atoms with Crippen molar-refractivity contribution in [1.82, 2.24) is 0 Å². The average molecular weight is 395 g/mol. The van der Waals surface area contributed by atoms with Gasteiger partial charge in [-0.05, 0) is 90.4 Å². The van der Waals surface area contributed by atoms with Crippen LogP contribution in [0.1, 0.15) is 42.0 Å². The Hall–Kier alpha value is -3.26. The molecule has 2 heteroatoms. The van der Waals surface area contributed by atoms with Gasteiger partial charge in [-0.1, -0.05) is 60.5 Å². The van der Waals surface area contributed by atoms with Gasteiger partial charge < -0.3 is 11.5 Å². The summed E-state index contributed by atoms with van der Waals surface area (Å²) in [6.07, 6.45) is 4.49. The molecule has 3 aromatic rings. The summed E-state index contributed by atoms with van der Waals surface area (Å²) in [4.78, 5) is 0. The topological polar surface area (TPSA) is 52.0 Å². The highest BCUT2D eigenvalue weighted by atomic mass is 14.5. The van der Waals surface area contributed by atoms with Crippen molar-refractivity contribution >= 4 is 16.9 Å². The Bertz CT molecular complexity index is 1170. The van der Waals surface area contributed by atoms with Crippen LogP contribution in [0.5, 0.6) is 0 Å². The fourth-order valence-electron chi connectivity index (χ4n) is 4.83. The summed E-state index contributed by atoms with van der Waals surface area (Å²) in [5.74, 6) is 0.630. The highest BCUT2D eigenvalue weighted by molar-refractivity contribution is 5.80. The van der Waals surface area contributed by atoms with Crippen molar-refractivity contribution in [1.29, 1.82) is 0 Å². The van der Waals surface area contributed by atoms with Crippen LogP contribution in [-0.2, 0) is 0 Å². The maximum absolute atomic E-state index is 6.36. The van der Waals surface area contributed by atoms with E-state index in [1.807, 2.05) is 12.1 Å². The highest BCUT2D eigenvalue weighted by Gasteiger charge is 2.27. The van der Waals surface area contributed by atoms with Crippen molar-refractivity contribution in [2.75, 3.05) is 11.5 Å². The van der Waals surface area contributed by atoms with Crippen LogP contribution in [-0.4, -0.2) is 0 Å².